The smallest absolute Gasteiger partial charge is 0.230 e. The number of amides is 2. The summed E-state index contributed by atoms with van der Waals surface area (Å²) in [5, 5.41) is 3.12. The van der Waals surface area contributed by atoms with Gasteiger partial charge in [-0.15, -0.1) is 11.8 Å². The van der Waals surface area contributed by atoms with E-state index in [2.05, 4.69) is 51.2 Å². The summed E-state index contributed by atoms with van der Waals surface area (Å²) in [5.74, 6) is 0.628. The van der Waals surface area contributed by atoms with Gasteiger partial charge in [-0.25, -0.2) is 0 Å². The third-order valence-corrected chi connectivity index (χ3v) is 5.88. The van der Waals surface area contributed by atoms with Crippen molar-refractivity contribution in [3.05, 3.63) is 29.3 Å². The maximum absolute atomic E-state index is 12.3. The first-order valence-electron chi connectivity index (χ1n) is 8.95. The predicted molar refractivity (Wildman–Crippen MR) is 104 cm³/mol. The molecule has 1 aromatic rings. The molecule has 1 aromatic carbocycles. The number of benzene rings is 1. The molecule has 1 aliphatic heterocycles. The molecule has 1 saturated heterocycles. The van der Waals surface area contributed by atoms with Gasteiger partial charge in [0.2, 0.25) is 11.8 Å². The van der Waals surface area contributed by atoms with Crippen LogP contribution in [0.4, 0.5) is 0 Å². The van der Waals surface area contributed by atoms with Crippen molar-refractivity contribution in [1.82, 2.24) is 10.2 Å². The molecule has 0 atom stereocenters. The first-order valence-corrected chi connectivity index (χ1v) is 9.94. The Morgan fingerprint density at radius 1 is 1.24 bits per heavy atom. The molecule has 1 heterocycles. The predicted octanol–water partition coefficient (Wildman–Crippen LogP) is 3.51. The van der Waals surface area contributed by atoms with Gasteiger partial charge in [0.15, 0.2) is 0 Å². The van der Waals surface area contributed by atoms with Crippen molar-refractivity contribution in [2.75, 3.05) is 18.8 Å². The minimum absolute atomic E-state index is 0.0758. The van der Waals surface area contributed by atoms with Crippen LogP contribution in [0.2, 0.25) is 0 Å². The molecule has 5 heteroatoms. The Morgan fingerprint density at radius 3 is 2.44 bits per heavy atom. The van der Waals surface area contributed by atoms with Gasteiger partial charge >= 0.3 is 0 Å². The van der Waals surface area contributed by atoms with Crippen molar-refractivity contribution >= 4 is 23.6 Å². The highest BCUT2D eigenvalue weighted by atomic mass is 32.2. The molecule has 0 aliphatic carbocycles. The summed E-state index contributed by atoms with van der Waals surface area (Å²) in [6.07, 6.45) is 1.68. The maximum Gasteiger partial charge on any atom is 0.230 e. The summed E-state index contributed by atoms with van der Waals surface area (Å²) < 4.78 is 0. The number of hydrogen-bond donors (Lipinski definition) is 1. The van der Waals surface area contributed by atoms with E-state index in [1.165, 1.54) is 16.0 Å². The lowest BCUT2D eigenvalue weighted by atomic mass is 9.87. The summed E-state index contributed by atoms with van der Waals surface area (Å²) in [6.45, 7) is 11.8. The fourth-order valence-corrected chi connectivity index (χ4v) is 3.85. The Kier molecular flexibility index (Phi) is 6.55. The number of nitrogens with zero attached hydrogens (tertiary/aromatic N) is 1. The molecule has 2 amide bonds. The van der Waals surface area contributed by atoms with Crippen molar-refractivity contribution in [1.29, 1.82) is 0 Å². The van der Waals surface area contributed by atoms with Crippen LogP contribution < -0.4 is 5.32 Å². The van der Waals surface area contributed by atoms with Crippen LogP contribution in [-0.2, 0) is 15.0 Å². The monoisotopic (exact) mass is 362 g/mol. The molecule has 1 fully saturated rings. The second-order valence-electron chi connectivity index (χ2n) is 7.87. The third-order valence-electron chi connectivity index (χ3n) is 4.72. The van der Waals surface area contributed by atoms with Crippen LogP contribution >= 0.6 is 11.8 Å². The highest BCUT2D eigenvalue weighted by Gasteiger charge is 2.22. The Hall–Kier alpha value is -1.49. The van der Waals surface area contributed by atoms with Crippen LogP contribution in [0.25, 0.3) is 0 Å². The normalized spacial score (nSPS) is 16.0. The van der Waals surface area contributed by atoms with E-state index in [1.807, 2.05) is 4.90 Å². The molecular formula is C20H30N2O2S. The van der Waals surface area contributed by atoms with Crippen LogP contribution in [-0.4, -0.2) is 41.6 Å². The number of rotatable bonds is 4. The minimum Gasteiger partial charge on any atom is -0.353 e. The summed E-state index contributed by atoms with van der Waals surface area (Å²) in [5.41, 5.74) is 2.61. The SMILES string of the molecule is CC(=O)N1CCC(NC(=O)CSc2cc(C(C)(C)C)ccc2C)CC1. The highest BCUT2D eigenvalue weighted by Crippen LogP contribution is 2.29. The Bertz CT molecular complexity index is 629. The topological polar surface area (TPSA) is 49.4 Å². The average molecular weight is 363 g/mol. The largest absolute Gasteiger partial charge is 0.353 e. The molecular weight excluding hydrogens is 332 g/mol. The second kappa shape index (κ2) is 8.26. The molecule has 1 aliphatic rings. The van der Waals surface area contributed by atoms with Gasteiger partial charge < -0.3 is 10.2 Å². The molecule has 25 heavy (non-hydrogen) atoms. The van der Waals surface area contributed by atoms with Gasteiger partial charge in [0.1, 0.15) is 0 Å². The summed E-state index contributed by atoms with van der Waals surface area (Å²) in [4.78, 5) is 26.7. The van der Waals surface area contributed by atoms with Crippen molar-refractivity contribution in [3.8, 4) is 0 Å². The minimum atomic E-state index is 0.0758. The summed E-state index contributed by atoms with van der Waals surface area (Å²) >= 11 is 1.60. The molecule has 4 nitrogen and oxygen atoms in total. The molecule has 0 bridgehead atoms. The lowest BCUT2D eigenvalue weighted by Crippen LogP contribution is -2.46. The van der Waals surface area contributed by atoms with Crippen LogP contribution in [0.15, 0.2) is 23.1 Å². The van der Waals surface area contributed by atoms with Crippen LogP contribution in [0.5, 0.6) is 0 Å². The van der Waals surface area contributed by atoms with E-state index in [0.29, 0.717) is 5.75 Å². The van der Waals surface area contributed by atoms with Gasteiger partial charge in [-0.2, -0.15) is 0 Å². The molecule has 0 spiro atoms. The molecule has 0 aromatic heterocycles. The Morgan fingerprint density at radius 2 is 1.88 bits per heavy atom. The summed E-state index contributed by atoms with van der Waals surface area (Å²) in [7, 11) is 0. The van der Waals surface area contributed by atoms with E-state index in [1.54, 1.807) is 18.7 Å². The van der Waals surface area contributed by atoms with E-state index >= 15 is 0 Å². The van der Waals surface area contributed by atoms with Crippen LogP contribution in [0.1, 0.15) is 51.7 Å². The summed E-state index contributed by atoms with van der Waals surface area (Å²) in [6, 6.07) is 6.70. The first kappa shape index (κ1) is 19.8. The van der Waals surface area contributed by atoms with Crippen molar-refractivity contribution in [2.24, 2.45) is 0 Å². The molecule has 2 rings (SSSR count). The highest BCUT2D eigenvalue weighted by molar-refractivity contribution is 8.00. The lowest BCUT2D eigenvalue weighted by Gasteiger charge is -2.31. The molecule has 1 N–H and O–H groups in total. The first-order chi connectivity index (χ1) is 11.7. The van der Waals surface area contributed by atoms with Gasteiger partial charge in [0, 0.05) is 31.0 Å². The number of carbonyl (C=O) groups is 2. The number of piperidine rings is 1. The second-order valence-corrected chi connectivity index (χ2v) is 8.88. The lowest BCUT2D eigenvalue weighted by molar-refractivity contribution is -0.130. The quantitative estimate of drug-likeness (QED) is 0.834. The van der Waals surface area contributed by atoms with E-state index in [9.17, 15) is 9.59 Å². The number of hydrogen-bond acceptors (Lipinski definition) is 3. The van der Waals surface area contributed by atoms with Crippen molar-refractivity contribution < 1.29 is 9.59 Å². The molecule has 0 unspecified atom stereocenters. The van der Waals surface area contributed by atoms with Crippen molar-refractivity contribution in [3.63, 3.8) is 0 Å². The standard InChI is InChI=1S/C20H30N2O2S/c1-14-6-7-16(20(3,4)5)12-18(14)25-13-19(24)21-17-8-10-22(11-9-17)15(2)23/h6-7,12,17H,8-11,13H2,1-5H3,(H,21,24). The third kappa shape index (κ3) is 5.77. The van der Waals surface area contributed by atoms with E-state index in [0.717, 1.165) is 25.9 Å². The number of likely N-dealkylation sites (tertiary alicyclic amines) is 1. The van der Waals surface area contributed by atoms with E-state index in [4.69, 9.17) is 0 Å². The van der Waals surface area contributed by atoms with Gasteiger partial charge in [-0.1, -0.05) is 32.9 Å². The fourth-order valence-electron chi connectivity index (χ4n) is 2.97. The van der Waals surface area contributed by atoms with Gasteiger partial charge in [-0.3, -0.25) is 9.59 Å². The Labute approximate surface area is 155 Å². The fraction of sp³-hybridized carbons (Fsp3) is 0.600. The zero-order chi connectivity index (χ0) is 18.6. The van der Waals surface area contributed by atoms with Crippen molar-refractivity contribution in [2.45, 2.75) is 63.8 Å². The number of thioether (sulfide) groups is 1. The van der Waals surface area contributed by atoms with E-state index < -0.39 is 0 Å². The van der Waals surface area contributed by atoms with Gasteiger partial charge in [-0.05, 0) is 42.4 Å². The van der Waals surface area contributed by atoms with Gasteiger partial charge in [0.25, 0.3) is 0 Å². The zero-order valence-electron chi connectivity index (χ0n) is 16.0. The zero-order valence-corrected chi connectivity index (χ0v) is 16.8. The molecule has 138 valence electrons. The molecule has 0 radical (unpaired) electrons. The van der Waals surface area contributed by atoms with Crippen LogP contribution in [0, 0.1) is 6.92 Å². The van der Waals surface area contributed by atoms with Crippen LogP contribution in [0.3, 0.4) is 0 Å². The Balaban J connectivity index is 1.85. The number of carbonyl (C=O) groups excluding carboxylic acids is 2. The molecule has 0 saturated carbocycles. The number of aryl methyl sites for hydroxylation is 1. The van der Waals surface area contributed by atoms with E-state index in [-0.39, 0.29) is 23.3 Å². The maximum atomic E-state index is 12.3. The number of nitrogens with one attached hydrogen (secondary N) is 1. The van der Waals surface area contributed by atoms with Gasteiger partial charge in [0.05, 0.1) is 5.75 Å². The average Bonchev–Trinajstić information content (AvgIpc) is 2.53.